The monoisotopic (exact) mass is 396 g/mol. The number of anilines is 1. The maximum absolute atomic E-state index is 9.72. The first-order valence-electron chi connectivity index (χ1n) is 10.3. The van der Waals surface area contributed by atoms with Gasteiger partial charge in [0, 0.05) is 17.8 Å². The van der Waals surface area contributed by atoms with E-state index in [9.17, 15) is 5.11 Å². The summed E-state index contributed by atoms with van der Waals surface area (Å²) < 4.78 is 5.16. The van der Waals surface area contributed by atoms with Gasteiger partial charge in [-0.25, -0.2) is 0 Å². The molecule has 1 aliphatic heterocycles. The number of para-hydroxylation sites is 1. The quantitative estimate of drug-likeness (QED) is 0.421. The molecule has 3 aromatic rings. The molecule has 0 bridgehead atoms. The lowest BCUT2D eigenvalue weighted by molar-refractivity contribution is 0.373. The van der Waals surface area contributed by atoms with Crippen molar-refractivity contribution in [2.45, 2.75) is 18.4 Å². The van der Waals surface area contributed by atoms with Gasteiger partial charge < -0.3 is 15.2 Å². The van der Waals surface area contributed by atoms with Gasteiger partial charge in [-0.05, 0) is 65.4 Å². The molecule has 1 aliphatic carbocycles. The van der Waals surface area contributed by atoms with Crippen molar-refractivity contribution < 1.29 is 9.84 Å². The first-order valence-corrected chi connectivity index (χ1v) is 10.3. The lowest BCUT2D eigenvalue weighted by Crippen LogP contribution is -2.28. The van der Waals surface area contributed by atoms with Crippen molar-refractivity contribution in [1.29, 1.82) is 0 Å². The molecule has 3 atom stereocenters. The van der Waals surface area contributed by atoms with Crippen LogP contribution in [0.3, 0.4) is 0 Å². The summed E-state index contributed by atoms with van der Waals surface area (Å²) >= 11 is 0. The zero-order valence-corrected chi connectivity index (χ0v) is 16.8. The average Bonchev–Trinajstić information content (AvgIpc) is 3.29. The third-order valence-electron chi connectivity index (χ3n) is 6.09. The number of aromatic hydroxyl groups is 1. The summed E-state index contributed by atoms with van der Waals surface area (Å²) in [6, 6.07) is 22.6. The van der Waals surface area contributed by atoms with E-state index < -0.39 is 0 Å². The zero-order chi connectivity index (χ0) is 20.5. The Bertz CT molecular complexity index is 1120. The van der Waals surface area contributed by atoms with Crippen LogP contribution >= 0.6 is 0 Å². The van der Waals surface area contributed by atoms with Gasteiger partial charge in [0.1, 0.15) is 0 Å². The van der Waals surface area contributed by atoms with Gasteiger partial charge >= 0.3 is 0 Å². The Balaban J connectivity index is 1.37. The molecular formula is C26H24N2O2. The van der Waals surface area contributed by atoms with Crippen LogP contribution in [0.15, 0.2) is 83.9 Å². The highest BCUT2D eigenvalue weighted by molar-refractivity contribution is 5.83. The molecule has 0 unspecified atom stereocenters. The molecule has 0 fully saturated rings. The Kier molecular flexibility index (Phi) is 4.75. The van der Waals surface area contributed by atoms with Gasteiger partial charge in [-0.15, -0.1) is 0 Å². The summed E-state index contributed by atoms with van der Waals surface area (Å²) in [5, 5.41) is 13.5. The van der Waals surface area contributed by atoms with E-state index in [0.29, 0.717) is 23.6 Å². The van der Waals surface area contributed by atoms with Crippen molar-refractivity contribution in [2.24, 2.45) is 10.9 Å². The maximum atomic E-state index is 9.72. The molecule has 4 nitrogen and oxygen atoms in total. The predicted molar refractivity (Wildman–Crippen MR) is 121 cm³/mol. The summed E-state index contributed by atoms with van der Waals surface area (Å²) in [6.07, 6.45) is 7.56. The van der Waals surface area contributed by atoms with Gasteiger partial charge in [0.05, 0.1) is 18.8 Å². The molecule has 150 valence electrons. The van der Waals surface area contributed by atoms with Crippen molar-refractivity contribution in [3.05, 3.63) is 95.6 Å². The summed E-state index contributed by atoms with van der Waals surface area (Å²) in [4.78, 5) is 4.58. The molecule has 0 aromatic heterocycles. The molecule has 0 saturated heterocycles. The predicted octanol–water partition coefficient (Wildman–Crippen LogP) is 5.98. The number of benzene rings is 3. The largest absolute Gasteiger partial charge is 0.504 e. The second-order valence-electron chi connectivity index (χ2n) is 7.84. The molecule has 3 aromatic carbocycles. The number of aliphatic imine (C=N–C) groups is 1. The van der Waals surface area contributed by atoms with E-state index in [2.05, 4.69) is 71.0 Å². The lowest BCUT2D eigenvalue weighted by Gasteiger charge is -2.37. The Labute approximate surface area is 176 Å². The maximum Gasteiger partial charge on any atom is 0.161 e. The molecular weight excluding hydrogens is 372 g/mol. The topological polar surface area (TPSA) is 53.8 Å². The van der Waals surface area contributed by atoms with Crippen LogP contribution in [-0.2, 0) is 0 Å². The number of nitrogens with zero attached hydrogens (tertiary/aromatic N) is 1. The van der Waals surface area contributed by atoms with Crippen LogP contribution in [0.5, 0.6) is 11.5 Å². The number of rotatable bonds is 4. The van der Waals surface area contributed by atoms with Crippen molar-refractivity contribution >= 4 is 17.6 Å². The first-order chi connectivity index (χ1) is 14.7. The summed E-state index contributed by atoms with van der Waals surface area (Å²) in [6.45, 7) is 0. The number of ether oxygens (including phenoxy) is 1. The van der Waals surface area contributed by atoms with Gasteiger partial charge in [-0.1, -0.05) is 42.5 Å². The van der Waals surface area contributed by atoms with E-state index in [4.69, 9.17) is 4.74 Å². The van der Waals surface area contributed by atoms with Gasteiger partial charge in [-0.3, -0.25) is 4.99 Å². The SMILES string of the molecule is COc1cc(C=Nc2ccc([C@@H]3Nc4ccccc4[C@H]4C=CC[C@H]43)cc2)ccc1O. The van der Waals surface area contributed by atoms with Crippen LogP contribution in [0.2, 0.25) is 0 Å². The number of methoxy groups -OCH3 is 1. The van der Waals surface area contributed by atoms with Crippen LogP contribution in [0.4, 0.5) is 11.4 Å². The highest BCUT2D eigenvalue weighted by atomic mass is 16.5. The van der Waals surface area contributed by atoms with E-state index in [0.717, 1.165) is 17.7 Å². The minimum atomic E-state index is 0.125. The molecule has 5 rings (SSSR count). The smallest absolute Gasteiger partial charge is 0.161 e. The number of phenolic OH excluding ortho intramolecular Hbond substituents is 1. The molecule has 2 N–H and O–H groups in total. The van der Waals surface area contributed by atoms with Gasteiger partial charge in [0.15, 0.2) is 11.5 Å². The molecule has 2 aliphatic rings. The number of allylic oxidation sites excluding steroid dienone is 2. The van der Waals surface area contributed by atoms with Crippen LogP contribution in [0.25, 0.3) is 0 Å². The van der Waals surface area contributed by atoms with Gasteiger partial charge in [0.2, 0.25) is 0 Å². The summed E-state index contributed by atoms with van der Waals surface area (Å²) in [5.74, 6) is 1.59. The number of phenols is 1. The standard InChI is InChI=1S/C26H24N2O2/c1-30-25-15-17(9-14-24(25)29)16-27-19-12-10-18(11-13-19)26-22-7-4-6-20(22)21-5-2-3-8-23(21)28-26/h2-6,8-16,20,22,26,28-29H,7H2,1H3/t20-,22-,26+/m1/s1. The fraction of sp³-hybridized carbons (Fsp3) is 0.192. The van der Waals surface area contributed by atoms with Crippen molar-refractivity contribution in [2.75, 3.05) is 12.4 Å². The fourth-order valence-corrected chi connectivity index (χ4v) is 4.56. The highest BCUT2D eigenvalue weighted by Crippen LogP contribution is 2.49. The lowest BCUT2D eigenvalue weighted by atomic mass is 9.77. The Morgan fingerprint density at radius 3 is 2.73 bits per heavy atom. The van der Waals surface area contributed by atoms with Crippen molar-refractivity contribution in [3.63, 3.8) is 0 Å². The minimum absolute atomic E-state index is 0.125. The molecule has 30 heavy (non-hydrogen) atoms. The van der Waals surface area contributed by atoms with E-state index in [1.165, 1.54) is 23.9 Å². The van der Waals surface area contributed by atoms with E-state index >= 15 is 0 Å². The van der Waals surface area contributed by atoms with E-state index in [1.54, 1.807) is 18.3 Å². The van der Waals surface area contributed by atoms with Crippen molar-refractivity contribution in [1.82, 2.24) is 0 Å². The number of hydrogen-bond acceptors (Lipinski definition) is 4. The van der Waals surface area contributed by atoms with Crippen LogP contribution in [0.1, 0.15) is 35.1 Å². The molecule has 0 spiro atoms. The van der Waals surface area contributed by atoms with Crippen LogP contribution < -0.4 is 10.1 Å². The number of fused-ring (bicyclic) bond motifs is 3. The third kappa shape index (κ3) is 3.35. The van der Waals surface area contributed by atoms with Gasteiger partial charge in [-0.2, -0.15) is 0 Å². The third-order valence-corrected chi connectivity index (χ3v) is 6.09. The van der Waals surface area contributed by atoms with E-state index in [1.807, 2.05) is 6.07 Å². The molecule has 0 saturated carbocycles. The number of nitrogens with one attached hydrogen (secondary N) is 1. The second kappa shape index (κ2) is 7.71. The zero-order valence-electron chi connectivity index (χ0n) is 16.8. The average molecular weight is 396 g/mol. The highest BCUT2D eigenvalue weighted by Gasteiger charge is 2.37. The summed E-state index contributed by atoms with van der Waals surface area (Å²) in [5.41, 5.74) is 5.69. The van der Waals surface area contributed by atoms with Crippen LogP contribution in [-0.4, -0.2) is 18.4 Å². The van der Waals surface area contributed by atoms with E-state index in [-0.39, 0.29) is 5.75 Å². The first kappa shape index (κ1) is 18.5. The molecule has 4 heteroatoms. The molecule has 0 radical (unpaired) electrons. The normalized spacial score (nSPS) is 21.8. The summed E-state index contributed by atoms with van der Waals surface area (Å²) in [7, 11) is 1.54. The Hall–Kier alpha value is -3.53. The fourth-order valence-electron chi connectivity index (χ4n) is 4.56. The number of hydrogen-bond donors (Lipinski definition) is 2. The van der Waals surface area contributed by atoms with Crippen LogP contribution in [0, 0.1) is 5.92 Å². The minimum Gasteiger partial charge on any atom is -0.504 e. The van der Waals surface area contributed by atoms with Gasteiger partial charge in [0.25, 0.3) is 0 Å². The Morgan fingerprint density at radius 2 is 1.90 bits per heavy atom. The molecule has 1 heterocycles. The second-order valence-corrected chi connectivity index (χ2v) is 7.84. The van der Waals surface area contributed by atoms with Crippen molar-refractivity contribution in [3.8, 4) is 11.5 Å². The molecule has 0 amide bonds. The Morgan fingerprint density at radius 1 is 1.07 bits per heavy atom.